The molecule has 2 aromatic carbocycles. The topological polar surface area (TPSA) is 72.1 Å². The van der Waals surface area contributed by atoms with E-state index in [4.69, 9.17) is 4.74 Å². The van der Waals surface area contributed by atoms with E-state index in [1.807, 2.05) is 24.3 Å². The molecule has 5 nitrogen and oxygen atoms in total. The minimum Gasteiger partial charge on any atom is -0.464 e. The van der Waals surface area contributed by atoms with E-state index in [-0.39, 0.29) is 11.4 Å². The van der Waals surface area contributed by atoms with Crippen LogP contribution in [0, 0.1) is 5.82 Å². The lowest BCUT2D eigenvalue weighted by molar-refractivity contribution is 0.0594. The van der Waals surface area contributed by atoms with Crippen LogP contribution in [0.15, 0.2) is 53.4 Å². The van der Waals surface area contributed by atoms with Crippen molar-refractivity contribution in [2.24, 2.45) is 0 Å². The highest BCUT2D eigenvalue weighted by Gasteiger charge is 2.23. The summed E-state index contributed by atoms with van der Waals surface area (Å²) in [5, 5.41) is 1.56. The maximum atomic E-state index is 13.6. The van der Waals surface area contributed by atoms with Crippen molar-refractivity contribution in [1.29, 1.82) is 0 Å². The Bertz CT molecular complexity index is 1250. The lowest BCUT2D eigenvalue weighted by Crippen LogP contribution is -2.12. The molecule has 4 rings (SSSR count). The van der Waals surface area contributed by atoms with E-state index in [0.29, 0.717) is 21.4 Å². The Hall–Kier alpha value is -3.19. The fourth-order valence-corrected chi connectivity index (χ4v) is 3.81. The molecule has 2 heterocycles. The maximum absolute atomic E-state index is 13.6. The van der Waals surface area contributed by atoms with Gasteiger partial charge < -0.3 is 9.72 Å². The van der Waals surface area contributed by atoms with Gasteiger partial charge in [0, 0.05) is 26.7 Å². The molecular formula is C21H15FN2O3S. The van der Waals surface area contributed by atoms with Crippen molar-refractivity contribution in [2.75, 3.05) is 13.4 Å². The summed E-state index contributed by atoms with van der Waals surface area (Å²) in [7, 11) is 1.26. The first kappa shape index (κ1) is 18.2. The molecule has 4 aromatic rings. The first-order valence-corrected chi connectivity index (χ1v) is 9.64. The zero-order valence-corrected chi connectivity index (χ0v) is 15.9. The highest BCUT2D eigenvalue weighted by Crippen LogP contribution is 2.31. The molecule has 0 amide bonds. The number of fused-ring (bicyclic) bond motifs is 3. The SMILES string of the molecule is COC(=O)c1cc2c([nH]c3ccccc32)c(C(=O)c2ccc(F)cc2SC)n1. The number of aromatic nitrogens is 2. The molecule has 0 bridgehead atoms. The van der Waals surface area contributed by atoms with Crippen molar-refractivity contribution in [3.05, 3.63) is 71.3 Å². The number of para-hydroxylation sites is 1. The number of aromatic amines is 1. The van der Waals surface area contributed by atoms with Crippen LogP contribution in [-0.4, -0.2) is 35.1 Å². The number of hydrogen-bond acceptors (Lipinski definition) is 5. The zero-order valence-electron chi connectivity index (χ0n) is 15.1. The largest absolute Gasteiger partial charge is 0.464 e. The summed E-state index contributed by atoms with van der Waals surface area (Å²) < 4.78 is 18.4. The average Bonchev–Trinajstić information content (AvgIpc) is 3.10. The Morgan fingerprint density at radius 3 is 2.64 bits per heavy atom. The number of pyridine rings is 1. The van der Waals surface area contributed by atoms with Crippen LogP contribution in [0.3, 0.4) is 0 Å². The molecule has 0 saturated carbocycles. The number of hydrogen-bond donors (Lipinski definition) is 1. The molecule has 7 heteroatoms. The zero-order chi connectivity index (χ0) is 19.8. The van der Waals surface area contributed by atoms with Gasteiger partial charge in [-0.05, 0) is 36.6 Å². The highest BCUT2D eigenvalue weighted by atomic mass is 32.2. The van der Waals surface area contributed by atoms with E-state index in [1.54, 1.807) is 12.3 Å². The van der Waals surface area contributed by atoms with Crippen molar-refractivity contribution in [3.63, 3.8) is 0 Å². The molecule has 0 radical (unpaired) electrons. The van der Waals surface area contributed by atoms with E-state index in [1.165, 1.54) is 37.1 Å². The van der Waals surface area contributed by atoms with Crippen LogP contribution in [0.5, 0.6) is 0 Å². The number of thioether (sulfide) groups is 1. The first-order chi connectivity index (χ1) is 13.5. The Morgan fingerprint density at radius 1 is 1.11 bits per heavy atom. The molecule has 0 aliphatic rings. The molecule has 0 atom stereocenters. The number of nitrogens with zero attached hydrogens (tertiary/aromatic N) is 1. The van der Waals surface area contributed by atoms with E-state index in [9.17, 15) is 14.0 Å². The minimum absolute atomic E-state index is 0.0379. The third kappa shape index (κ3) is 2.93. The van der Waals surface area contributed by atoms with Crippen LogP contribution < -0.4 is 0 Å². The Balaban J connectivity index is 2.02. The van der Waals surface area contributed by atoms with Gasteiger partial charge in [0.15, 0.2) is 0 Å². The van der Waals surface area contributed by atoms with Crippen molar-refractivity contribution in [3.8, 4) is 0 Å². The summed E-state index contributed by atoms with van der Waals surface area (Å²) in [6.45, 7) is 0. The summed E-state index contributed by atoms with van der Waals surface area (Å²) in [6, 6.07) is 13.1. The number of ether oxygens (including phenoxy) is 1. The van der Waals surface area contributed by atoms with Gasteiger partial charge >= 0.3 is 5.97 Å². The summed E-state index contributed by atoms with van der Waals surface area (Å²) in [5.74, 6) is -1.45. The molecule has 0 aliphatic heterocycles. The molecule has 0 unspecified atom stereocenters. The summed E-state index contributed by atoms with van der Waals surface area (Å²) in [6.07, 6.45) is 1.77. The van der Waals surface area contributed by atoms with E-state index in [2.05, 4.69) is 9.97 Å². The highest BCUT2D eigenvalue weighted by molar-refractivity contribution is 7.98. The summed E-state index contributed by atoms with van der Waals surface area (Å²) in [4.78, 5) is 33.5. The monoisotopic (exact) mass is 394 g/mol. The second kappa shape index (κ2) is 7.09. The molecule has 2 aromatic heterocycles. The van der Waals surface area contributed by atoms with E-state index >= 15 is 0 Å². The summed E-state index contributed by atoms with van der Waals surface area (Å²) in [5.41, 5.74) is 1.80. The van der Waals surface area contributed by atoms with Gasteiger partial charge in [-0.25, -0.2) is 14.2 Å². The van der Waals surface area contributed by atoms with Crippen LogP contribution in [0.25, 0.3) is 21.8 Å². The van der Waals surface area contributed by atoms with Gasteiger partial charge in [-0.2, -0.15) is 0 Å². The number of halogens is 1. The Morgan fingerprint density at radius 2 is 1.89 bits per heavy atom. The van der Waals surface area contributed by atoms with Gasteiger partial charge in [0.2, 0.25) is 5.78 Å². The van der Waals surface area contributed by atoms with Crippen molar-refractivity contribution < 1.29 is 18.7 Å². The molecule has 1 N–H and O–H groups in total. The fourth-order valence-electron chi connectivity index (χ4n) is 3.20. The second-order valence-electron chi connectivity index (χ2n) is 6.11. The second-order valence-corrected chi connectivity index (χ2v) is 6.96. The number of methoxy groups -OCH3 is 1. The molecule has 0 fully saturated rings. The normalized spacial score (nSPS) is 11.1. The molecule has 0 spiro atoms. The first-order valence-electron chi connectivity index (χ1n) is 8.41. The van der Waals surface area contributed by atoms with Crippen LogP contribution in [0.4, 0.5) is 4.39 Å². The van der Waals surface area contributed by atoms with Gasteiger partial charge in [0.25, 0.3) is 0 Å². The number of rotatable bonds is 4. The van der Waals surface area contributed by atoms with Gasteiger partial charge in [-0.1, -0.05) is 18.2 Å². The molecule has 28 heavy (non-hydrogen) atoms. The third-order valence-electron chi connectivity index (χ3n) is 4.51. The number of carbonyl (C=O) groups excluding carboxylic acids is 2. The van der Waals surface area contributed by atoms with Crippen LogP contribution >= 0.6 is 11.8 Å². The summed E-state index contributed by atoms with van der Waals surface area (Å²) >= 11 is 1.27. The van der Waals surface area contributed by atoms with Gasteiger partial charge in [0.05, 0.1) is 12.6 Å². The molecular weight excluding hydrogens is 379 g/mol. The smallest absolute Gasteiger partial charge is 0.356 e. The minimum atomic E-state index is -0.634. The Labute approximate surface area is 163 Å². The lowest BCUT2D eigenvalue weighted by atomic mass is 10.0. The number of nitrogens with one attached hydrogen (secondary N) is 1. The van der Waals surface area contributed by atoms with E-state index in [0.717, 1.165) is 10.9 Å². The Kier molecular flexibility index (Phi) is 4.60. The molecule has 0 aliphatic carbocycles. The van der Waals surface area contributed by atoms with Gasteiger partial charge in [-0.15, -0.1) is 11.8 Å². The van der Waals surface area contributed by atoms with Crippen molar-refractivity contribution >= 4 is 45.3 Å². The van der Waals surface area contributed by atoms with Gasteiger partial charge in [0.1, 0.15) is 17.2 Å². The average molecular weight is 394 g/mol. The number of H-pyrrole nitrogens is 1. The standard InChI is InChI=1S/C21H15FN2O3S/c1-27-21(26)16-10-14-12-5-3-4-6-15(12)23-18(14)19(24-16)20(25)13-8-7-11(22)9-17(13)28-2/h3-10,23H,1-2H3. The fraction of sp³-hybridized carbons (Fsp3) is 0.0952. The van der Waals surface area contributed by atoms with Crippen LogP contribution in [-0.2, 0) is 4.74 Å². The van der Waals surface area contributed by atoms with Crippen molar-refractivity contribution in [2.45, 2.75) is 4.90 Å². The molecule has 140 valence electrons. The predicted octanol–water partition coefficient (Wildman–Crippen LogP) is 4.59. The lowest BCUT2D eigenvalue weighted by Gasteiger charge is -2.09. The number of benzene rings is 2. The maximum Gasteiger partial charge on any atom is 0.356 e. The van der Waals surface area contributed by atoms with Crippen LogP contribution in [0.1, 0.15) is 26.5 Å². The quantitative estimate of drug-likeness (QED) is 0.311. The van der Waals surface area contributed by atoms with Crippen molar-refractivity contribution in [1.82, 2.24) is 9.97 Å². The number of carbonyl (C=O) groups is 2. The number of ketones is 1. The van der Waals surface area contributed by atoms with Gasteiger partial charge in [-0.3, -0.25) is 4.79 Å². The van der Waals surface area contributed by atoms with E-state index < -0.39 is 17.6 Å². The third-order valence-corrected chi connectivity index (χ3v) is 5.29. The van der Waals surface area contributed by atoms with Crippen LogP contribution in [0.2, 0.25) is 0 Å². The predicted molar refractivity (Wildman–Crippen MR) is 107 cm³/mol. The molecule has 0 saturated heterocycles. The number of esters is 1.